The van der Waals surface area contributed by atoms with Crippen LogP contribution in [0.15, 0.2) is 11.5 Å². The molecule has 0 atom stereocenters. The fraction of sp³-hybridized carbons (Fsp3) is 0.778. The predicted octanol–water partition coefficient (Wildman–Crippen LogP) is 2.87. The van der Waals surface area contributed by atoms with Crippen LogP contribution in [0.3, 0.4) is 0 Å². The Hall–Kier alpha value is -0.510. The molecule has 1 rings (SSSR count). The minimum atomic E-state index is 0.940. The summed E-state index contributed by atoms with van der Waals surface area (Å²) in [6.45, 7) is 2.24. The maximum atomic E-state index is 3.91. The smallest absolute Gasteiger partial charge is 0.188 e. The van der Waals surface area contributed by atoms with Gasteiger partial charge < -0.3 is 4.98 Å². The molecule has 0 spiro atoms. The highest BCUT2D eigenvalue weighted by Gasteiger charge is 1.95. The molecule has 1 aromatic heterocycles. The van der Waals surface area contributed by atoms with E-state index in [1.54, 1.807) is 18.1 Å². The summed E-state index contributed by atoms with van der Waals surface area (Å²) in [6, 6.07) is 0. The number of nitrogens with one attached hydrogen (secondary N) is 1. The lowest BCUT2D eigenvalue weighted by atomic mass is 10.2. The standard InChI is InChI=1S/C9H17N3S/c1-2-3-4-5-6-7-13-9-10-8-11-12-9/h8H,2-7H2,1H3,(H,10,11,12). The molecular weight excluding hydrogens is 182 g/mol. The van der Waals surface area contributed by atoms with Gasteiger partial charge in [-0.2, -0.15) is 0 Å². The summed E-state index contributed by atoms with van der Waals surface area (Å²) in [5.41, 5.74) is 0. The first-order chi connectivity index (χ1) is 6.43. The molecule has 13 heavy (non-hydrogen) atoms. The second-order valence-electron chi connectivity index (χ2n) is 3.06. The number of aromatic amines is 1. The molecule has 0 aliphatic heterocycles. The number of hydrogen-bond donors (Lipinski definition) is 1. The third-order valence-electron chi connectivity index (χ3n) is 1.88. The quantitative estimate of drug-likeness (QED) is 0.542. The van der Waals surface area contributed by atoms with Gasteiger partial charge in [0.05, 0.1) is 0 Å². The average molecular weight is 199 g/mol. The Labute approximate surface area is 83.7 Å². The van der Waals surface area contributed by atoms with Crippen molar-refractivity contribution in [3.05, 3.63) is 6.33 Å². The van der Waals surface area contributed by atoms with E-state index in [4.69, 9.17) is 0 Å². The number of hydrogen-bond acceptors (Lipinski definition) is 3. The normalized spacial score (nSPS) is 10.5. The Balaban J connectivity index is 1.90. The highest BCUT2D eigenvalue weighted by molar-refractivity contribution is 7.99. The van der Waals surface area contributed by atoms with Crippen molar-refractivity contribution in [2.24, 2.45) is 0 Å². The number of H-pyrrole nitrogens is 1. The zero-order valence-corrected chi connectivity index (χ0v) is 8.94. The van der Waals surface area contributed by atoms with Crippen molar-refractivity contribution in [1.82, 2.24) is 15.2 Å². The van der Waals surface area contributed by atoms with E-state index in [0.717, 1.165) is 10.9 Å². The van der Waals surface area contributed by atoms with E-state index < -0.39 is 0 Å². The van der Waals surface area contributed by atoms with E-state index >= 15 is 0 Å². The van der Waals surface area contributed by atoms with E-state index in [-0.39, 0.29) is 0 Å². The number of thioether (sulfide) groups is 1. The van der Waals surface area contributed by atoms with Gasteiger partial charge in [-0.05, 0) is 6.42 Å². The summed E-state index contributed by atoms with van der Waals surface area (Å²) in [6.07, 6.45) is 8.30. The van der Waals surface area contributed by atoms with Crippen LogP contribution in [-0.4, -0.2) is 20.9 Å². The Morgan fingerprint density at radius 2 is 2.15 bits per heavy atom. The Bertz CT molecular complexity index is 199. The lowest BCUT2D eigenvalue weighted by molar-refractivity contribution is 0.659. The number of nitrogens with zero attached hydrogens (tertiary/aromatic N) is 2. The molecule has 0 aliphatic carbocycles. The molecule has 1 aromatic rings. The van der Waals surface area contributed by atoms with Crippen molar-refractivity contribution in [2.45, 2.75) is 44.2 Å². The molecule has 0 unspecified atom stereocenters. The number of rotatable bonds is 7. The minimum Gasteiger partial charge on any atom is -0.323 e. The molecule has 4 heteroatoms. The summed E-state index contributed by atoms with van der Waals surface area (Å²) in [7, 11) is 0. The van der Waals surface area contributed by atoms with Crippen molar-refractivity contribution in [1.29, 1.82) is 0 Å². The van der Waals surface area contributed by atoms with Gasteiger partial charge in [-0.1, -0.05) is 44.4 Å². The predicted molar refractivity (Wildman–Crippen MR) is 55.9 cm³/mol. The van der Waals surface area contributed by atoms with Crippen LogP contribution in [0.25, 0.3) is 0 Å². The molecule has 3 nitrogen and oxygen atoms in total. The summed E-state index contributed by atoms with van der Waals surface area (Å²) >= 11 is 1.76. The molecule has 0 fully saturated rings. The van der Waals surface area contributed by atoms with Gasteiger partial charge in [-0.15, -0.1) is 10.2 Å². The molecule has 0 aromatic carbocycles. The van der Waals surface area contributed by atoms with Gasteiger partial charge in [0.1, 0.15) is 6.33 Å². The van der Waals surface area contributed by atoms with Crippen LogP contribution in [-0.2, 0) is 0 Å². The largest absolute Gasteiger partial charge is 0.323 e. The van der Waals surface area contributed by atoms with E-state index in [2.05, 4.69) is 22.1 Å². The van der Waals surface area contributed by atoms with Crippen LogP contribution in [0, 0.1) is 0 Å². The second-order valence-corrected chi connectivity index (χ2v) is 4.14. The molecule has 0 saturated heterocycles. The van der Waals surface area contributed by atoms with Crippen molar-refractivity contribution < 1.29 is 0 Å². The van der Waals surface area contributed by atoms with Crippen molar-refractivity contribution >= 4 is 11.8 Å². The fourth-order valence-electron chi connectivity index (χ4n) is 1.14. The first-order valence-corrected chi connectivity index (χ1v) is 5.91. The maximum absolute atomic E-state index is 3.91. The molecule has 1 heterocycles. The maximum Gasteiger partial charge on any atom is 0.188 e. The molecule has 0 saturated carbocycles. The second kappa shape index (κ2) is 6.95. The fourth-order valence-corrected chi connectivity index (χ4v) is 1.92. The Morgan fingerprint density at radius 3 is 2.85 bits per heavy atom. The van der Waals surface area contributed by atoms with Gasteiger partial charge in [0.2, 0.25) is 0 Å². The van der Waals surface area contributed by atoms with Gasteiger partial charge in [0, 0.05) is 5.75 Å². The molecule has 0 amide bonds. The molecule has 74 valence electrons. The van der Waals surface area contributed by atoms with Crippen LogP contribution in [0.1, 0.15) is 39.0 Å². The van der Waals surface area contributed by atoms with E-state index in [1.807, 2.05) is 0 Å². The first-order valence-electron chi connectivity index (χ1n) is 4.92. The Morgan fingerprint density at radius 1 is 1.31 bits per heavy atom. The molecular formula is C9H17N3S. The SMILES string of the molecule is CCCCCCCSc1nnc[nH]1. The van der Waals surface area contributed by atoms with Gasteiger partial charge in [0.25, 0.3) is 0 Å². The van der Waals surface area contributed by atoms with Gasteiger partial charge in [0.15, 0.2) is 5.16 Å². The molecule has 0 radical (unpaired) electrons. The first kappa shape index (κ1) is 10.6. The lowest BCUT2D eigenvalue weighted by Gasteiger charge is -1.97. The third kappa shape index (κ3) is 4.93. The van der Waals surface area contributed by atoms with Gasteiger partial charge >= 0.3 is 0 Å². The highest BCUT2D eigenvalue weighted by Crippen LogP contribution is 2.14. The van der Waals surface area contributed by atoms with Crippen LogP contribution in [0.5, 0.6) is 0 Å². The number of unbranched alkanes of at least 4 members (excludes halogenated alkanes) is 4. The van der Waals surface area contributed by atoms with Crippen LogP contribution in [0.2, 0.25) is 0 Å². The topological polar surface area (TPSA) is 41.6 Å². The van der Waals surface area contributed by atoms with E-state index in [0.29, 0.717) is 0 Å². The van der Waals surface area contributed by atoms with Crippen LogP contribution in [0.4, 0.5) is 0 Å². The van der Waals surface area contributed by atoms with E-state index in [9.17, 15) is 0 Å². The summed E-state index contributed by atoms with van der Waals surface area (Å²) < 4.78 is 0. The lowest BCUT2D eigenvalue weighted by Crippen LogP contribution is -1.83. The van der Waals surface area contributed by atoms with Crippen molar-refractivity contribution in [2.75, 3.05) is 5.75 Å². The zero-order valence-electron chi connectivity index (χ0n) is 8.12. The summed E-state index contributed by atoms with van der Waals surface area (Å²) in [4.78, 5) is 2.98. The summed E-state index contributed by atoms with van der Waals surface area (Å²) in [5.74, 6) is 1.15. The van der Waals surface area contributed by atoms with Crippen molar-refractivity contribution in [3.63, 3.8) is 0 Å². The van der Waals surface area contributed by atoms with Gasteiger partial charge in [-0.25, -0.2) is 0 Å². The van der Waals surface area contributed by atoms with Crippen molar-refractivity contribution in [3.8, 4) is 0 Å². The monoisotopic (exact) mass is 199 g/mol. The molecule has 0 aliphatic rings. The minimum absolute atomic E-state index is 0.940. The third-order valence-corrected chi connectivity index (χ3v) is 2.85. The summed E-state index contributed by atoms with van der Waals surface area (Å²) in [5, 5.41) is 8.57. The molecule has 0 bridgehead atoms. The molecule has 1 N–H and O–H groups in total. The van der Waals surface area contributed by atoms with Crippen LogP contribution >= 0.6 is 11.8 Å². The van der Waals surface area contributed by atoms with E-state index in [1.165, 1.54) is 32.1 Å². The average Bonchev–Trinajstić information content (AvgIpc) is 2.63. The zero-order chi connectivity index (χ0) is 9.36. The number of aromatic nitrogens is 3. The van der Waals surface area contributed by atoms with Gasteiger partial charge in [-0.3, -0.25) is 0 Å². The highest BCUT2D eigenvalue weighted by atomic mass is 32.2. The van der Waals surface area contributed by atoms with Crippen LogP contribution < -0.4 is 0 Å². The Kier molecular flexibility index (Phi) is 5.65.